The van der Waals surface area contributed by atoms with Gasteiger partial charge in [-0.15, -0.1) is 0 Å². The van der Waals surface area contributed by atoms with Crippen LogP contribution in [-0.2, 0) is 9.53 Å². The number of hydrogen-bond acceptors (Lipinski definition) is 4. The van der Waals surface area contributed by atoms with Crippen LogP contribution < -0.4 is 9.80 Å². The number of aliphatic imine (C=N–C) groups is 1. The summed E-state index contributed by atoms with van der Waals surface area (Å²) < 4.78 is 20.2. The topological polar surface area (TPSA) is 45.1 Å². The van der Waals surface area contributed by atoms with E-state index in [2.05, 4.69) is 23.7 Å². The number of aldehydes is 1. The molecule has 0 unspecified atom stereocenters. The molecule has 1 aliphatic carbocycles. The van der Waals surface area contributed by atoms with Crippen molar-refractivity contribution in [3.05, 3.63) is 59.0 Å². The highest BCUT2D eigenvalue weighted by atomic mass is 35.5. The van der Waals surface area contributed by atoms with Gasteiger partial charge in [-0.2, -0.15) is 0 Å². The van der Waals surface area contributed by atoms with E-state index in [9.17, 15) is 9.18 Å². The van der Waals surface area contributed by atoms with E-state index in [1.807, 2.05) is 43.1 Å². The van der Waals surface area contributed by atoms with E-state index in [0.29, 0.717) is 10.7 Å². The Morgan fingerprint density at radius 3 is 2.62 bits per heavy atom. The van der Waals surface area contributed by atoms with Crippen LogP contribution in [0.25, 0.3) is 0 Å². The van der Waals surface area contributed by atoms with E-state index in [4.69, 9.17) is 16.3 Å². The van der Waals surface area contributed by atoms with Crippen LogP contribution in [0.2, 0.25) is 5.02 Å². The number of ether oxygens (including phenoxy) is 1. The zero-order chi connectivity index (χ0) is 24.9. The van der Waals surface area contributed by atoms with Crippen molar-refractivity contribution in [2.24, 2.45) is 10.9 Å². The molecule has 1 saturated heterocycles. The number of allylic oxidation sites excluding steroid dienone is 5. The van der Waals surface area contributed by atoms with Crippen LogP contribution in [0.3, 0.4) is 0 Å². The van der Waals surface area contributed by atoms with Gasteiger partial charge in [0.05, 0.1) is 22.4 Å². The molecule has 0 amide bonds. The number of benzene rings is 1. The lowest BCUT2D eigenvalue weighted by molar-refractivity contribution is -0.104. The number of rotatable bonds is 7. The van der Waals surface area contributed by atoms with Crippen LogP contribution in [-0.4, -0.2) is 44.0 Å². The number of carbonyl (C=O) groups is 1. The number of hydrogen-bond donors (Lipinski definition) is 0. The van der Waals surface area contributed by atoms with E-state index in [1.165, 1.54) is 12.2 Å². The fraction of sp³-hybridized carbons (Fsp3) is 0.481. The maximum Gasteiger partial charge on any atom is 0.144 e. The number of anilines is 2. The predicted octanol–water partition coefficient (Wildman–Crippen LogP) is 6.49. The summed E-state index contributed by atoms with van der Waals surface area (Å²) in [6.07, 6.45) is 9.98. The molecule has 0 spiro atoms. The summed E-state index contributed by atoms with van der Waals surface area (Å²) in [4.78, 5) is 19.3. The number of piperidine rings is 1. The molecule has 2 aliphatic rings. The number of carbonyl (C=O) groups excluding carboxylic acids is 1. The minimum Gasteiger partial charge on any atom is -0.372 e. The second-order valence-corrected chi connectivity index (χ2v) is 9.91. The van der Waals surface area contributed by atoms with Crippen molar-refractivity contribution in [2.75, 3.05) is 29.9 Å². The Morgan fingerprint density at radius 2 is 2.00 bits per heavy atom. The highest BCUT2D eigenvalue weighted by Crippen LogP contribution is 2.36. The highest BCUT2D eigenvalue weighted by Gasteiger charge is 2.34. The van der Waals surface area contributed by atoms with Gasteiger partial charge in [-0.25, -0.2) is 9.38 Å². The third-order valence-corrected chi connectivity index (χ3v) is 6.93. The lowest BCUT2D eigenvalue weighted by Crippen LogP contribution is -2.43. The second kappa shape index (κ2) is 11.3. The summed E-state index contributed by atoms with van der Waals surface area (Å²) in [6, 6.07) is 6.02. The molecule has 7 heteroatoms. The molecule has 1 aromatic carbocycles. The first kappa shape index (κ1) is 26.2. The summed E-state index contributed by atoms with van der Waals surface area (Å²) in [6.45, 7) is 9.49. The Labute approximate surface area is 207 Å². The van der Waals surface area contributed by atoms with Crippen molar-refractivity contribution >= 4 is 35.1 Å². The first-order valence-corrected chi connectivity index (χ1v) is 12.2. The smallest absolute Gasteiger partial charge is 0.144 e. The molecule has 5 nitrogen and oxygen atoms in total. The number of nitrogens with zero attached hydrogens (tertiary/aromatic N) is 3. The SMILES string of the molecule is CC(=N/C(C)=C\C=O)N(C)c1ccc(N2CCC(OC(C)(C)[C@@H]3C=C(F)C=CC3)CC2)c(Cl)c1. The van der Waals surface area contributed by atoms with Gasteiger partial charge in [-0.3, -0.25) is 4.79 Å². The minimum atomic E-state index is -0.419. The normalized spacial score (nSPS) is 20.4. The molecule has 184 valence electrons. The molecule has 1 aromatic rings. The molecule has 34 heavy (non-hydrogen) atoms. The molecular formula is C27H35ClFN3O2. The van der Waals surface area contributed by atoms with Crippen LogP contribution in [0.5, 0.6) is 0 Å². The summed E-state index contributed by atoms with van der Waals surface area (Å²) >= 11 is 6.68. The summed E-state index contributed by atoms with van der Waals surface area (Å²) in [5.41, 5.74) is 2.16. The first-order valence-electron chi connectivity index (χ1n) is 11.8. The Bertz CT molecular complexity index is 1010. The van der Waals surface area contributed by atoms with Crippen LogP contribution in [0.4, 0.5) is 15.8 Å². The van der Waals surface area contributed by atoms with Gasteiger partial charge >= 0.3 is 0 Å². The zero-order valence-corrected chi connectivity index (χ0v) is 21.5. The van der Waals surface area contributed by atoms with Gasteiger partial charge in [0.2, 0.25) is 0 Å². The van der Waals surface area contributed by atoms with Crippen LogP contribution in [0, 0.1) is 5.92 Å². The van der Waals surface area contributed by atoms with Crippen LogP contribution in [0.15, 0.2) is 59.0 Å². The second-order valence-electron chi connectivity index (χ2n) is 9.50. The molecule has 0 radical (unpaired) electrons. The van der Waals surface area contributed by atoms with Crippen molar-refractivity contribution in [1.29, 1.82) is 0 Å². The lowest BCUT2D eigenvalue weighted by atomic mass is 9.85. The van der Waals surface area contributed by atoms with Crippen LogP contribution >= 0.6 is 11.6 Å². The Balaban J connectivity index is 1.61. The highest BCUT2D eigenvalue weighted by molar-refractivity contribution is 6.33. The van der Waals surface area contributed by atoms with Crippen molar-refractivity contribution in [3.63, 3.8) is 0 Å². The monoisotopic (exact) mass is 487 g/mol. The first-order chi connectivity index (χ1) is 16.1. The molecule has 0 aromatic heterocycles. The van der Waals surface area contributed by atoms with E-state index in [-0.39, 0.29) is 17.8 Å². The van der Waals surface area contributed by atoms with E-state index in [0.717, 1.165) is 55.8 Å². The van der Waals surface area contributed by atoms with Crippen molar-refractivity contribution in [2.45, 2.75) is 58.7 Å². The Kier molecular flexibility index (Phi) is 8.72. The fourth-order valence-electron chi connectivity index (χ4n) is 4.47. The van der Waals surface area contributed by atoms with E-state index < -0.39 is 5.60 Å². The quantitative estimate of drug-likeness (QED) is 0.191. The lowest BCUT2D eigenvalue weighted by Gasteiger charge is -2.40. The summed E-state index contributed by atoms with van der Waals surface area (Å²) in [5, 5.41) is 0.687. The minimum absolute atomic E-state index is 0.0409. The maximum atomic E-state index is 13.7. The van der Waals surface area contributed by atoms with E-state index in [1.54, 1.807) is 13.0 Å². The van der Waals surface area contributed by atoms with Crippen LogP contribution in [0.1, 0.15) is 47.0 Å². The standard InChI is InChI=1S/C27H35ClFN3O2/c1-19(13-16-33)30-20(2)31(5)23-9-10-26(25(28)18-23)32-14-11-24(12-15-32)34-27(3,4)21-7-6-8-22(29)17-21/h6,8-10,13,16-18,21,24H,7,11-12,14-15H2,1-5H3/b19-13-,30-20?/t21-/m0/s1. The molecule has 1 aliphatic heterocycles. The van der Waals surface area contributed by atoms with Crippen molar-refractivity contribution in [3.8, 4) is 0 Å². The molecule has 1 fully saturated rings. The largest absolute Gasteiger partial charge is 0.372 e. The van der Waals surface area contributed by atoms with Gasteiger partial charge in [0.15, 0.2) is 0 Å². The zero-order valence-electron chi connectivity index (χ0n) is 20.7. The molecule has 1 heterocycles. The van der Waals surface area contributed by atoms with Gasteiger partial charge < -0.3 is 14.5 Å². The molecular weight excluding hydrogens is 453 g/mol. The Hall–Kier alpha value is -2.44. The molecule has 1 atom stereocenters. The maximum absolute atomic E-state index is 13.7. The number of amidine groups is 1. The van der Waals surface area contributed by atoms with Crippen molar-refractivity contribution < 1.29 is 13.9 Å². The third-order valence-electron chi connectivity index (χ3n) is 6.62. The third kappa shape index (κ3) is 6.57. The van der Waals surface area contributed by atoms with Gasteiger partial charge in [0.1, 0.15) is 17.9 Å². The fourth-order valence-corrected chi connectivity index (χ4v) is 4.77. The van der Waals surface area contributed by atoms with Gasteiger partial charge in [0, 0.05) is 37.4 Å². The molecule has 0 bridgehead atoms. The average molecular weight is 488 g/mol. The average Bonchev–Trinajstić information content (AvgIpc) is 2.79. The molecule has 3 rings (SSSR count). The molecule has 0 N–H and O–H groups in total. The van der Waals surface area contributed by atoms with Crippen molar-refractivity contribution in [1.82, 2.24) is 0 Å². The predicted molar refractivity (Wildman–Crippen MR) is 140 cm³/mol. The summed E-state index contributed by atoms with van der Waals surface area (Å²) in [5.74, 6) is 0.628. The van der Waals surface area contributed by atoms with Gasteiger partial charge in [-0.05, 0) is 83.4 Å². The Morgan fingerprint density at radius 1 is 1.29 bits per heavy atom. The molecule has 0 saturated carbocycles. The summed E-state index contributed by atoms with van der Waals surface area (Å²) in [7, 11) is 1.92. The van der Waals surface area contributed by atoms with E-state index >= 15 is 0 Å². The number of halogens is 2. The van der Waals surface area contributed by atoms with Gasteiger partial charge in [0.25, 0.3) is 0 Å². The van der Waals surface area contributed by atoms with Gasteiger partial charge in [-0.1, -0.05) is 17.7 Å².